The first-order valence-corrected chi connectivity index (χ1v) is 11.1. The number of methoxy groups -OCH3 is 1. The average molecular weight is 456 g/mol. The van der Waals surface area contributed by atoms with Crippen molar-refractivity contribution in [3.05, 3.63) is 58.1 Å². The topological polar surface area (TPSA) is 79.0 Å². The molecule has 2 aliphatic heterocycles. The minimum atomic E-state index is -0.209. The zero-order valence-corrected chi connectivity index (χ0v) is 18.9. The van der Waals surface area contributed by atoms with Gasteiger partial charge >= 0.3 is 0 Å². The number of likely N-dealkylation sites (tertiary alicyclic amines) is 1. The molecule has 8 heteroatoms. The van der Waals surface area contributed by atoms with Gasteiger partial charge in [0.15, 0.2) is 0 Å². The second kappa shape index (κ2) is 9.30. The highest BCUT2D eigenvalue weighted by molar-refractivity contribution is 6.31. The maximum atomic E-state index is 12.6. The molecule has 2 heterocycles. The number of amides is 3. The van der Waals surface area contributed by atoms with E-state index in [2.05, 4.69) is 10.2 Å². The van der Waals surface area contributed by atoms with Crippen LogP contribution in [0.25, 0.3) is 0 Å². The Kier molecular flexibility index (Phi) is 6.48. The number of hydrogen-bond donors (Lipinski definition) is 1. The quantitative estimate of drug-likeness (QED) is 0.673. The standard InChI is InChI=1S/C24H26ClN3O4/c1-15-11-20(21(32-2)12-19(15)25)26-22(29)14-27-9-7-16(8-10-27)13-28-23(30)17-5-3-4-6-18(17)24(28)31/h3-6,11-12,16H,7-10,13-14H2,1-2H3,(H,26,29). The predicted octanol–water partition coefficient (Wildman–Crippen LogP) is 3.60. The predicted molar refractivity (Wildman–Crippen MR) is 122 cm³/mol. The van der Waals surface area contributed by atoms with E-state index in [1.807, 2.05) is 6.92 Å². The van der Waals surface area contributed by atoms with Crippen LogP contribution in [-0.2, 0) is 4.79 Å². The molecule has 0 atom stereocenters. The highest BCUT2D eigenvalue weighted by atomic mass is 35.5. The molecule has 2 aliphatic rings. The molecule has 32 heavy (non-hydrogen) atoms. The fourth-order valence-electron chi connectivity index (χ4n) is 4.31. The summed E-state index contributed by atoms with van der Waals surface area (Å²) >= 11 is 6.13. The minimum absolute atomic E-state index is 0.121. The van der Waals surface area contributed by atoms with Gasteiger partial charge in [-0.15, -0.1) is 0 Å². The van der Waals surface area contributed by atoms with Crippen LogP contribution in [0.3, 0.4) is 0 Å². The van der Waals surface area contributed by atoms with Crippen LogP contribution in [0.1, 0.15) is 39.1 Å². The van der Waals surface area contributed by atoms with Gasteiger partial charge in [-0.2, -0.15) is 0 Å². The number of piperidine rings is 1. The van der Waals surface area contributed by atoms with E-state index in [0.29, 0.717) is 34.1 Å². The lowest BCUT2D eigenvalue weighted by atomic mass is 9.96. The molecule has 1 saturated heterocycles. The lowest BCUT2D eigenvalue weighted by molar-refractivity contribution is -0.117. The van der Waals surface area contributed by atoms with Gasteiger partial charge in [0.1, 0.15) is 5.75 Å². The third-order valence-corrected chi connectivity index (χ3v) is 6.56. The first kappa shape index (κ1) is 22.3. The molecule has 3 amide bonds. The molecule has 4 rings (SSSR count). The first-order chi connectivity index (χ1) is 15.4. The van der Waals surface area contributed by atoms with Crippen LogP contribution in [-0.4, -0.2) is 60.8 Å². The molecule has 1 N–H and O–H groups in total. The molecule has 0 aliphatic carbocycles. The number of halogens is 1. The van der Waals surface area contributed by atoms with Crippen LogP contribution in [0.2, 0.25) is 5.02 Å². The van der Waals surface area contributed by atoms with Crippen molar-refractivity contribution in [2.24, 2.45) is 5.92 Å². The van der Waals surface area contributed by atoms with Crippen LogP contribution < -0.4 is 10.1 Å². The Morgan fingerprint density at radius 3 is 2.34 bits per heavy atom. The van der Waals surface area contributed by atoms with Crippen LogP contribution >= 0.6 is 11.6 Å². The van der Waals surface area contributed by atoms with E-state index in [1.54, 1.807) is 36.4 Å². The highest BCUT2D eigenvalue weighted by Crippen LogP contribution is 2.31. The van der Waals surface area contributed by atoms with Gasteiger partial charge in [-0.3, -0.25) is 24.2 Å². The van der Waals surface area contributed by atoms with E-state index in [4.69, 9.17) is 16.3 Å². The number of fused-ring (bicyclic) bond motifs is 1. The van der Waals surface area contributed by atoms with Crippen molar-refractivity contribution in [3.8, 4) is 5.75 Å². The molecule has 0 aromatic heterocycles. The second-order valence-electron chi connectivity index (χ2n) is 8.34. The molecule has 0 unspecified atom stereocenters. The van der Waals surface area contributed by atoms with Gasteiger partial charge in [0.05, 0.1) is 30.5 Å². The fourth-order valence-corrected chi connectivity index (χ4v) is 4.47. The zero-order valence-electron chi connectivity index (χ0n) is 18.2. The van der Waals surface area contributed by atoms with E-state index in [1.165, 1.54) is 12.0 Å². The number of nitrogens with one attached hydrogen (secondary N) is 1. The van der Waals surface area contributed by atoms with Crippen molar-refractivity contribution in [2.45, 2.75) is 19.8 Å². The van der Waals surface area contributed by atoms with Gasteiger partial charge in [-0.1, -0.05) is 23.7 Å². The maximum absolute atomic E-state index is 12.6. The highest BCUT2D eigenvalue weighted by Gasteiger charge is 2.37. The monoisotopic (exact) mass is 455 g/mol. The summed E-state index contributed by atoms with van der Waals surface area (Å²) in [5.41, 5.74) is 2.43. The van der Waals surface area contributed by atoms with Crippen LogP contribution in [0.15, 0.2) is 36.4 Å². The van der Waals surface area contributed by atoms with Gasteiger partial charge in [0.25, 0.3) is 11.8 Å². The second-order valence-corrected chi connectivity index (χ2v) is 8.74. The Hall–Kier alpha value is -2.90. The van der Waals surface area contributed by atoms with Crippen molar-refractivity contribution < 1.29 is 19.1 Å². The molecule has 0 bridgehead atoms. The molecule has 1 fully saturated rings. The number of benzene rings is 2. The molecule has 2 aromatic rings. The summed E-state index contributed by atoms with van der Waals surface area (Å²) in [7, 11) is 1.54. The van der Waals surface area contributed by atoms with Gasteiger partial charge in [-0.05, 0) is 62.5 Å². The maximum Gasteiger partial charge on any atom is 0.261 e. The summed E-state index contributed by atoms with van der Waals surface area (Å²) in [5, 5.41) is 3.49. The van der Waals surface area contributed by atoms with E-state index < -0.39 is 0 Å². The smallest absolute Gasteiger partial charge is 0.261 e. The lowest BCUT2D eigenvalue weighted by Gasteiger charge is -2.33. The number of nitrogens with zero attached hydrogens (tertiary/aromatic N) is 2. The van der Waals surface area contributed by atoms with E-state index in [9.17, 15) is 14.4 Å². The number of hydrogen-bond acceptors (Lipinski definition) is 5. The number of ether oxygens (including phenoxy) is 1. The fraction of sp³-hybridized carbons (Fsp3) is 0.375. The summed E-state index contributed by atoms with van der Waals surface area (Å²) in [6.07, 6.45) is 1.65. The van der Waals surface area contributed by atoms with Gasteiger partial charge < -0.3 is 10.1 Å². The number of aryl methyl sites for hydroxylation is 1. The summed E-state index contributed by atoms with van der Waals surface area (Å²) in [6.45, 7) is 4.03. The Morgan fingerprint density at radius 1 is 1.12 bits per heavy atom. The number of carbonyl (C=O) groups is 3. The Labute approximate surface area is 192 Å². The van der Waals surface area contributed by atoms with Crippen molar-refractivity contribution in [1.29, 1.82) is 0 Å². The largest absolute Gasteiger partial charge is 0.495 e. The molecule has 7 nitrogen and oxygen atoms in total. The average Bonchev–Trinajstić information content (AvgIpc) is 3.02. The van der Waals surface area contributed by atoms with E-state index in [0.717, 1.165) is 31.5 Å². The Balaban J connectivity index is 1.29. The Bertz CT molecular complexity index is 1030. The molecule has 0 saturated carbocycles. The Morgan fingerprint density at radius 2 is 1.75 bits per heavy atom. The normalized spacial score (nSPS) is 16.9. The summed E-state index contributed by atoms with van der Waals surface area (Å²) in [4.78, 5) is 41.2. The first-order valence-electron chi connectivity index (χ1n) is 10.7. The van der Waals surface area contributed by atoms with Crippen LogP contribution in [0, 0.1) is 12.8 Å². The molecule has 0 spiro atoms. The van der Waals surface area contributed by atoms with Crippen LogP contribution in [0.5, 0.6) is 5.75 Å². The zero-order chi connectivity index (χ0) is 22.8. The number of rotatable bonds is 6. The lowest BCUT2D eigenvalue weighted by Crippen LogP contribution is -2.43. The molecule has 0 radical (unpaired) electrons. The van der Waals surface area contributed by atoms with Crippen molar-refractivity contribution in [3.63, 3.8) is 0 Å². The molecule has 2 aromatic carbocycles. The van der Waals surface area contributed by atoms with E-state index >= 15 is 0 Å². The molecular weight excluding hydrogens is 430 g/mol. The third kappa shape index (κ3) is 4.49. The van der Waals surface area contributed by atoms with Crippen molar-refractivity contribution in [1.82, 2.24) is 9.80 Å². The van der Waals surface area contributed by atoms with Crippen molar-refractivity contribution >= 4 is 35.0 Å². The summed E-state index contributed by atoms with van der Waals surface area (Å²) in [5.74, 6) is 0.215. The molecule has 168 valence electrons. The van der Waals surface area contributed by atoms with Gasteiger partial charge in [-0.25, -0.2) is 0 Å². The SMILES string of the molecule is COc1cc(Cl)c(C)cc1NC(=O)CN1CCC(CN2C(=O)c3ccccc3C2=O)CC1. The third-order valence-electron chi connectivity index (χ3n) is 6.15. The van der Waals surface area contributed by atoms with Gasteiger partial charge in [0.2, 0.25) is 5.91 Å². The summed E-state index contributed by atoms with van der Waals surface area (Å²) < 4.78 is 5.32. The van der Waals surface area contributed by atoms with Crippen molar-refractivity contribution in [2.75, 3.05) is 38.6 Å². The van der Waals surface area contributed by atoms with E-state index in [-0.39, 0.29) is 30.2 Å². The molecular formula is C24H26ClN3O4. The summed E-state index contributed by atoms with van der Waals surface area (Å²) in [6, 6.07) is 10.4. The van der Waals surface area contributed by atoms with Crippen LogP contribution in [0.4, 0.5) is 5.69 Å². The number of anilines is 1. The minimum Gasteiger partial charge on any atom is -0.495 e. The number of imide groups is 1. The van der Waals surface area contributed by atoms with Gasteiger partial charge in [0, 0.05) is 17.6 Å². The number of carbonyl (C=O) groups excluding carboxylic acids is 3.